The molecule has 0 aromatic carbocycles. The summed E-state index contributed by atoms with van der Waals surface area (Å²) in [7, 11) is 0. The summed E-state index contributed by atoms with van der Waals surface area (Å²) in [6.07, 6.45) is 3.98. The van der Waals surface area contributed by atoms with Crippen LogP contribution >= 0.6 is 0 Å². The molecule has 29 heavy (non-hydrogen) atoms. The number of likely N-dealkylation sites (tertiary alicyclic amines) is 1. The quantitative estimate of drug-likeness (QED) is 0.787. The van der Waals surface area contributed by atoms with Crippen molar-refractivity contribution in [2.75, 3.05) is 13.1 Å². The third-order valence-corrected chi connectivity index (χ3v) is 6.27. The van der Waals surface area contributed by atoms with Gasteiger partial charge in [-0.25, -0.2) is 0 Å². The lowest BCUT2D eigenvalue weighted by Crippen LogP contribution is -2.34. The lowest BCUT2D eigenvalue weighted by Gasteiger charge is -2.19. The zero-order valence-corrected chi connectivity index (χ0v) is 17.3. The predicted molar refractivity (Wildman–Crippen MR) is 107 cm³/mol. The van der Waals surface area contributed by atoms with Gasteiger partial charge in [-0.15, -0.1) is 0 Å². The second-order valence-electron chi connectivity index (χ2n) is 9.52. The highest BCUT2D eigenvalue weighted by molar-refractivity contribution is 5.98. The summed E-state index contributed by atoms with van der Waals surface area (Å²) in [5, 5.41) is 4.57. The molecule has 5 rings (SSSR count). The van der Waals surface area contributed by atoms with Gasteiger partial charge in [-0.3, -0.25) is 14.4 Å². The van der Waals surface area contributed by atoms with Crippen molar-refractivity contribution >= 4 is 17.5 Å². The number of aromatic nitrogens is 3. The van der Waals surface area contributed by atoms with E-state index in [4.69, 9.17) is 0 Å². The topological polar surface area (TPSA) is 79.9 Å². The van der Waals surface area contributed by atoms with Gasteiger partial charge in [0.2, 0.25) is 5.91 Å². The van der Waals surface area contributed by atoms with Gasteiger partial charge in [0.1, 0.15) is 17.9 Å². The monoisotopic (exact) mass is 397 g/mol. The molecule has 2 aromatic rings. The maximum atomic E-state index is 13.2. The average Bonchev–Trinajstić information content (AvgIpc) is 3.10. The number of fused-ring (bicyclic) bond motifs is 2. The molecule has 2 aromatic heterocycles. The number of carbonyl (C=O) groups excluding carboxylic acids is 2. The van der Waals surface area contributed by atoms with E-state index in [0.29, 0.717) is 23.4 Å². The lowest BCUT2D eigenvalue weighted by molar-refractivity contribution is -0.130. The number of nitrogens with zero attached hydrogens (tertiary/aromatic N) is 5. The molecule has 0 atom stereocenters. The molecule has 1 saturated heterocycles. The Hall–Kier alpha value is -2.64. The second kappa shape index (κ2) is 6.18. The SMILES string of the molecule is CC(C)(C)c1cc2n(CC(=O)N3CCCC3)c3c(c(=O)n2n1)CN(C1CC1)C3=O. The van der Waals surface area contributed by atoms with Crippen molar-refractivity contribution in [3.05, 3.63) is 33.4 Å². The van der Waals surface area contributed by atoms with Crippen LogP contribution < -0.4 is 5.56 Å². The van der Waals surface area contributed by atoms with Gasteiger partial charge in [0.05, 0.1) is 17.8 Å². The van der Waals surface area contributed by atoms with Gasteiger partial charge in [0, 0.05) is 30.6 Å². The van der Waals surface area contributed by atoms with E-state index in [2.05, 4.69) is 5.10 Å². The lowest BCUT2D eigenvalue weighted by atomic mass is 9.93. The number of hydrogen-bond acceptors (Lipinski definition) is 4. The fourth-order valence-electron chi connectivity index (χ4n) is 4.39. The molecular weight excluding hydrogens is 370 g/mol. The van der Waals surface area contributed by atoms with Crippen molar-refractivity contribution in [2.45, 2.75) is 71.0 Å². The van der Waals surface area contributed by atoms with Crippen LogP contribution in [-0.2, 0) is 23.3 Å². The molecule has 0 N–H and O–H groups in total. The summed E-state index contributed by atoms with van der Waals surface area (Å²) >= 11 is 0. The minimum Gasteiger partial charge on any atom is -0.341 e. The second-order valence-corrected chi connectivity index (χ2v) is 9.52. The largest absolute Gasteiger partial charge is 0.341 e. The molecule has 8 heteroatoms. The van der Waals surface area contributed by atoms with Gasteiger partial charge in [-0.1, -0.05) is 20.8 Å². The fourth-order valence-corrected chi connectivity index (χ4v) is 4.39. The predicted octanol–water partition coefficient (Wildman–Crippen LogP) is 1.53. The minimum atomic E-state index is -0.246. The fraction of sp³-hybridized carbons (Fsp3) is 0.619. The molecule has 0 bridgehead atoms. The Labute approximate surface area is 169 Å². The molecule has 0 spiro atoms. The summed E-state index contributed by atoms with van der Waals surface area (Å²) in [4.78, 5) is 43.0. The molecule has 2 fully saturated rings. The molecule has 2 amide bonds. The maximum Gasteiger partial charge on any atom is 0.280 e. The zero-order valence-electron chi connectivity index (χ0n) is 17.3. The van der Waals surface area contributed by atoms with Crippen molar-refractivity contribution < 1.29 is 9.59 Å². The van der Waals surface area contributed by atoms with Gasteiger partial charge < -0.3 is 14.4 Å². The van der Waals surface area contributed by atoms with Crippen LogP contribution in [0.15, 0.2) is 10.9 Å². The van der Waals surface area contributed by atoms with E-state index in [1.807, 2.05) is 31.7 Å². The van der Waals surface area contributed by atoms with E-state index in [-0.39, 0.29) is 35.4 Å². The molecule has 0 unspecified atom stereocenters. The third kappa shape index (κ3) is 2.88. The Bertz CT molecular complexity index is 1080. The van der Waals surface area contributed by atoms with E-state index >= 15 is 0 Å². The van der Waals surface area contributed by atoms with E-state index in [1.54, 1.807) is 9.47 Å². The van der Waals surface area contributed by atoms with Crippen LogP contribution in [0.4, 0.5) is 0 Å². The van der Waals surface area contributed by atoms with Crippen molar-refractivity contribution in [3.63, 3.8) is 0 Å². The van der Waals surface area contributed by atoms with Crippen LogP contribution in [0.2, 0.25) is 0 Å². The number of carbonyl (C=O) groups is 2. The minimum absolute atomic E-state index is 0.00794. The molecule has 8 nitrogen and oxygen atoms in total. The van der Waals surface area contributed by atoms with Crippen molar-refractivity contribution in [1.82, 2.24) is 24.0 Å². The van der Waals surface area contributed by atoms with Crippen molar-refractivity contribution in [3.8, 4) is 0 Å². The Morgan fingerprint density at radius 3 is 2.48 bits per heavy atom. The normalized spacial score (nSPS) is 19.5. The Morgan fingerprint density at radius 2 is 1.86 bits per heavy atom. The third-order valence-electron chi connectivity index (χ3n) is 6.27. The van der Waals surface area contributed by atoms with E-state index in [9.17, 15) is 14.4 Å². The average molecular weight is 397 g/mol. The molecular formula is C21H27N5O3. The van der Waals surface area contributed by atoms with Gasteiger partial charge in [-0.2, -0.15) is 9.61 Å². The molecule has 3 aliphatic rings. The highest BCUT2D eigenvalue weighted by atomic mass is 16.2. The van der Waals surface area contributed by atoms with Gasteiger partial charge in [-0.05, 0) is 25.7 Å². The number of amides is 2. The Kier molecular flexibility index (Phi) is 3.92. The van der Waals surface area contributed by atoms with Crippen LogP contribution in [-0.4, -0.2) is 54.9 Å². The molecule has 0 radical (unpaired) electrons. The standard InChI is InChI=1S/C21H27N5O3/c1-21(2,3)15-10-16-25(12-17(27)23-8-4-5-9-23)18-14(19(28)26(16)22-15)11-24(20(18)29)13-6-7-13/h10,13H,4-9,11-12H2,1-3H3. The summed E-state index contributed by atoms with van der Waals surface area (Å²) in [5.74, 6) is -0.138. The molecule has 154 valence electrons. The van der Waals surface area contributed by atoms with Crippen molar-refractivity contribution in [1.29, 1.82) is 0 Å². The first-order valence-corrected chi connectivity index (χ1v) is 10.5. The van der Waals surface area contributed by atoms with E-state index in [1.165, 1.54) is 4.52 Å². The summed E-state index contributed by atoms with van der Waals surface area (Å²) in [5.41, 5.74) is 1.65. The highest BCUT2D eigenvalue weighted by Gasteiger charge is 2.42. The van der Waals surface area contributed by atoms with Crippen LogP contribution in [0, 0.1) is 0 Å². The summed E-state index contributed by atoms with van der Waals surface area (Å²) in [6.45, 7) is 7.99. The smallest absolute Gasteiger partial charge is 0.280 e. The van der Waals surface area contributed by atoms with Crippen molar-refractivity contribution in [2.24, 2.45) is 0 Å². The molecule has 2 aliphatic heterocycles. The van der Waals surface area contributed by atoms with E-state index in [0.717, 1.165) is 44.5 Å². The van der Waals surface area contributed by atoms with Gasteiger partial charge in [0.15, 0.2) is 0 Å². The first kappa shape index (κ1) is 18.4. The first-order chi connectivity index (χ1) is 13.8. The maximum absolute atomic E-state index is 13.2. The Morgan fingerprint density at radius 1 is 1.17 bits per heavy atom. The zero-order chi connectivity index (χ0) is 20.5. The molecule has 1 saturated carbocycles. The Balaban J connectivity index is 1.68. The van der Waals surface area contributed by atoms with Crippen LogP contribution in [0.3, 0.4) is 0 Å². The first-order valence-electron chi connectivity index (χ1n) is 10.5. The van der Waals surface area contributed by atoms with Crippen LogP contribution in [0.1, 0.15) is 68.2 Å². The summed E-state index contributed by atoms with van der Waals surface area (Å²) < 4.78 is 3.13. The summed E-state index contributed by atoms with van der Waals surface area (Å²) in [6, 6.07) is 2.07. The van der Waals surface area contributed by atoms with Crippen LogP contribution in [0.5, 0.6) is 0 Å². The molecule has 4 heterocycles. The van der Waals surface area contributed by atoms with Crippen LogP contribution in [0.25, 0.3) is 5.65 Å². The number of rotatable bonds is 3. The molecule has 1 aliphatic carbocycles. The van der Waals surface area contributed by atoms with Gasteiger partial charge in [0.25, 0.3) is 11.5 Å². The highest BCUT2D eigenvalue weighted by Crippen LogP contribution is 2.34. The van der Waals surface area contributed by atoms with Gasteiger partial charge >= 0.3 is 0 Å². The number of hydrogen-bond donors (Lipinski definition) is 0. The van der Waals surface area contributed by atoms with E-state index < -0.39 is 0 Å².